The number of piperazine rings is 1. The van der Waals surface area contributed by atoms with Gasteiger partial charge in [-0.2, -0.15) is 4.31 Å². The highest BCUT2D eigenvalue weighted by atomic mass is 79.9. The maximum Gasteiger partial charge on any atom is 0.247 e. The van der Waals surface area contributed by atoms with Crippen LogP contribution < -0.4 is 5.32 Å². The van der Waals surface area contributed by atoms with Crippen LogP contribution in [-0.4, -0.2) is 36.6 Å². The number of amides is 2. The molecule has 1 heterocycles. The van der Waals surface area contributed by atoms with Gasteiger partial charge in [-0.1, -0.05) is 6.07 Å². The Morgan fingerprint density at radius 2 is 1.90 bits per heavy atom. The van der Waals surface area contributed by atoms with Crippen molar-refractivity contribution in [1.29, 1.82) is 0 Å². The van der Waals surface area contributed by atoms with E-state index < -0.39 is 27.4 Å². The Morgan fingerprint density at radius 3 is 2.48 bits per heavy atom. The summed E-state index contributed by atoms with van der Waals surface area (Å²) >= 11 is 3.23. The number of aryl methyl sites for hydroxylation is 1. The van der Waals surface area contributed by atoms with Crippen LogP contribution in [0.1, 0.15) is 19.4 Å². The van der Waals surface area contributed by atoms with Gasteiger partial charge in [0.15, 0.2) is 0 Å². The van der Waals surface area contributed by atoms with Crippen LogP contribution in [0, 0.1) is 6.92 Å². The van der Waals surface area contributed by atoms with Crippen molar-refractivity contribution in [2.75, 3.05) is 6.54 Å². The SMILES string of the molecule is Cc1ccc(S(=O)(=O)N2CC(=O)NC(=O)C2(C)C)c(Br)c1. The van der Waals surface area contributed by atoms with Crippen molar-refractivity contribution in [3.63, 3.8) is 0 Å². The first kappa shape index (κ1) is 16.1. The van der Waals surface area contributed by atoms with Crippen molar-refractivity contribution < 1.29 is 18.0 Å². The monoisotopic (exact) mass is 374 g/mol. The molecular formula is C13H15BrN2O4S. The largest absolute Gasteiger partial charge is 0.294 e. The normalized spacial score (nSPS) is 19.4. The Hall–Kier alpha value is -1.25. The third-order valence-electron chi connectivity index (χ3n) is 3.37. The molecule has 0 radical (unpaired) electrons. The molecule has 2 rings (SSSR count). The van der Waals surface area contributed by atoms with E-state index in [1.807, 2.05) is 6.92 Å². The molecule has 6 nitrogen and oxygen atoms in total. The van der Waals surface area contributed by atoms with Crippen LogP contribution in [0.2, 0.25) is 0 Å². The highest BCUT2D eigenvalue weighted by Gasteiger charge is 2.48. The van der Waals surface area contributed by atoms with Crippen LogP contribution >= 0.6 is 15.9 Å². The fourth-order valence-corrected chi connectivity index (χ4v) is 4.94. The first-order chi connectivity index (χ1) is 9.56. The second kappa shape index (κ2) is 5.19. The average molecular weight is 375 g/mol. The third kappa shape index (κ3) is 2.75. The first-order valence-corrected chi connectivity index (χ1v) is 8.43. The third-order valence-corrected chi connectivity index (χ3v) is 6.37. The Kier molecular flexibility index (Phi) is 3.98. The van der Waals surface area contributed by atoms with Crippen LogP contribution in [0.15, 0.2) is 27.6 Å². The van der Waals surface area contributed by atoms with Gasteiger partial charge >= 0.3 is 0 Å². The summed E-state index contributed by atoms with van der Waals surface area (Å²) in [7, 11) is -3.98. The number of sulfonamides is 1. The van der Waals surface area contributed by atoms with Crippen molar-refractivity contribution in [3.8, 4) is 0 Å². The number of hydrogen-bond acceptors (Lipinski definition) is 4. The first-order valence-electron chi connectivity index (χ1n) is 6.20. The smallest absolute Gasteiger partial charge is 0.247 e. The second-order valence-corrected chi connectivity index (χ2v) is 8.07. The number of rotatable bonds is 2. The summed E-state index contributed by atoms with van der Waals surface area (Å²) in [5, 5.41) is 2.15. The Labute approximate surface area is 131 Å². The zero-order chi connectivity index (χ0) is 16.0. The van der Waals surface area contributed by atoms with E-state index in [1.165, 1.54) is 19.9 Å². The van der Waals surface area contributed by atoms with E-state index >= 15 is 0 Å². The molecule has 1 aromatic rings. The summed E-state index contributed by atoms with van der Waals surface area (Å²) in [5.74, 6) is -1.27. The van der Waals surface area contributed by atoms with Crippen LogP contribution in [0.5, 0.6) is 0 Å². The molecule has 0 aliphatic carbocycles. The van der Waals surface area contributed by atoms with E-state index in [4.69, 9.17) is 0 Å². The van der Waals surface area contributed by atoms with Crippen LogP contribution in [0.25, 0.3) is 0 Å². The van der Waals surface area contributed by atoms with Gasteiger partial charge in [-0.25, -0.2) is 8.42 Å². The summed E-state index contributed by atoms with van der Waals surface area (Å²) in [6.07, 6.45) is 0. The average Bonchev–Trinajstić information content (AvgIpc) is 2.33. The minimum absolute atomic E-state index is 0.0312. The number of imide groups is 1. The molecule has 21 heavy (non-hydrogen) atoms. The lowest BCUT2D eigenvalue weighted by Gasteiger charge is -2.38. The molecule has 0 spiro atoms. The zero-order valence-corrected chi connectivity index (χ0v) is 14.2. The molecular weight excluding hydrogens is 360 g/mol. The number of halogens is 1. The van der Waals surface area contributed by atoms with Gasteiger partial charge in [0.1, 0.15) is 5.54 Å². The van der Waals surface area contributed by atoms with Crippen LogP contribution in [0.3, 0.4) is 0 Å². The summed E-state index contributed by atoms with van der Waals surface area (Å²) in [6.45, 7) is 4.38. The molecule has 1 aromatic carbocycles. The molecule has 0 unspecified atom stereocenters. The van der Waals surface area contributed by atoms with Crippen molar-refractivity contribution in [1.82, 2.24) is 9.62 Å². The van der Waals surface area contributed by atoms with Gasteiger partial charge in [-0.15, -0.1) is 0 Å². The number of carbonyl (C=O) groups is 2. The molecule has 114 valence electrons. The van der Waals surface area contributed by atoms with Gasteiger partial charge in [0.05, 0.1) is 11.4 Å². The van der Waals surface area contributed by atoms with Gasteiger partial charge in [-0.3, -0.25) is 14.9 Å². The highest BCUT2D eigenvalue weighted by Crippen LogP contribution is 2.31. The Balaban J connectivity index is 2.56. The van der Waals surface area contributed by atoms with Crippen molar-refractivity contribution in [2.45, 2.75) is 31.2 Å². The van der Waals surface area contributed by atoms with Crippen LogP contribution in [-0.2, 0) is 19.6 Å². The molecule has 0 saturated carbocycles. The summed E-state index contributed by atoms with van der Waals surface area (Å²) in [4.78, 5) is 23.5. The minimum Gasteiger partial charge on any atom is -0.294 e. The molecule has 1 aliphatic heterocycles. The second-order valence-electron chi connectivity index (χ2n) is 5.38. The molecule has 0 atom stereocenters. The topological polar surface area (TPSA) is 83.6 Å². The number of nitrogens with one attached hydrogen (secondary N) is 1. The predicted molar refractivity (Wildman–Crippen MR) is 80.0 cm³/mol. The molecule has 1 aliphatic rings. The van der Waals surface area contributed by atoms with Gasteiger partial charge in [0.2, 0.25) is 21.8 Å². The quantitative estimate of drug-likeness (QED) is 0.787. The fourth-order valence-electron chi connectivity index (χ4n) is 2.08. The van der Waals surface area contributed by atoms with Gasteiger partial charge in [0, 0.05) is 4.47 Å². The lowest BCUT2D eigenvalue weighted by molar-refractivity contribution is -0.141. The standard InChI is InChI=1S/C13H15BrN2O4S/c1-8-4-5-10(9(14)6-8)21(19,20)16-7-11(17)15-12(18)13(16,2)3/h4-6H,7H2,1-3H3,(H,15,17,18). The van der Waals surface area contributed by atoms with E-state index in [0.717, 1.165) is 9.87 Å². The molecule has 8 heteroatoms. The molecule has 1 saturated heterocycles. The van der Waals surface area contributed by atoms with Crippen LogP contribution in [0.4, 0.5) is 0 Å². The van der Waals surface area contributed by atoms with E-state index in [-0.39, 0.29) is 11.4 Å². The van der Waals surface area contributed by atoms with E-state index in [0.29, 0.717) is 4.47 Å². The number of nitrogens with zero attached hydrogens (tertiary/aromatic N) is 1. The maximum atomic E-state index is 12.8. The minimum atomic E-state index is -3.98. The van der Waals surface area contributed by atoms with E-state index in [2.05, 4.69) is 21.2 Å². The summed E-state index contributed by atoms with van der Waals surface area (Å²) < 4.78 is 26.9. The fraction of sp³-hybridized carbons (Fsp3) is 0.385. The summed E-state index contributed by atoms with van der Waals surface area (Å²) in [5.41, 5.74) is -0.440. The van der Waals surface area contributed by atoms with Crippen molar-refractivity contribution >= 4 is 37.8 Å². The summed E-state index contributed by atoms with van der Waals surface area (Å²) in [6, 6.07) is 4.80. The van der Waals surface area contributed by atoms with Gasteiger partial charge in [0.25, 0.3) is 0 Å². The lowest BCUT2D eigenvalue weighted by atomic mass is 10.0. The molecule has 2 amide bonds. The predicted octanol–water partition coefficient (Wildman–Crippen LogP) is 1.18. The molecule has 1 N–H and O–H groups in total. The molecule has 1 fully saturated rings. The van der Waals surface area contributed by atoms with Gasteiger partial charge < -0.3 is 0 Å². The van der Waals surface area contributed by atoms with Crippen molar-refractivity contribution in [2.24, 2.45) is 0 Å². The Morgan fingerprint density at radius 1 is 1.29 bits per heavy atom. The van der Waals surface area contributed by atoms with Gasteiger partial charge in [-0.05, 0) is 54.4 Å². The lowest BCUT2D eigenvalue weighted by Crippen LogP contribution is -2.65. The highest BCUT2D eigenvalue weighted by molar-refractivity contribution is 9.10. The number of benzene rings is 1. The maximum absolute atomic E-state index is 12.8. The van der Waals surface area contributed by atoms with Crippen molar-refractivity contribution in [3.05, 3.63) is 28.2 Å². The molecule has 0 aromatic heterocycles. The molecule has 0 bridgehead atoms. The number of hydrogen-bond donors (Lipinski definition) is 1. The zero-order valence-electron chi connectivity index (χ0n) is 11.8. The Bertz CT molecular complexity index is 728. The number of carbonyl (C=O) groups excluding carboxylic acids is 2. The van der Waals surface area contributed by atoms with E-state index in [1.54, 1.807) is 12.1 Å². The van der Waals surface area contributed by atoms with E-state index in [9.17, 15) is 18.0 Å².